The molecule has 1 aliphatic rings. The highest BCUT2D eigenvalue weighted by molar-refractivity contribution is 5.79. The fraction of sp³-hybridized carbons (Fsp3) is 0.435. The number of ether oxygens (including phenoxy) is 1. The van der Waals surface area contributed by atoms with Crippen LogP contribution >= 0.6 is 0 Å². The highest BCUT2D eigenvalue weighted by Gasteiger charge is 2.14. The van der Waals surface area contributed by atoms with Crippen molar-refractivity contribution >= 4 is 5.96 Å². The topological polar surface area (TPSA) is 52.1 Å². The molecule has 8 heteroatoms. The number of hydrogen-bond acceptors (Lipinski definition) is 4. The molecule has 0 aromatic heterocycles. The van der Waals surface area contributed by atoms with Gasteiger partial charge in [0, 0.05) is 58.4 Å². The van der Waals surface area contributed by atoms with Crippen LogP contribution in [0.4, 0.5) is 8.78 Å². The summed E-state index contributed by atoms with van der Waals surface area (Å²) in [4.78, 5) is 9.04. The first-order valence-electron chi connectivity index (χ1n) is 10.5. The number of benzene rings is 2. The maximum Gasteiger partial charge on any atom is 0.387 e. The van der Waals surface area contributed by atoms with E-state index in [1.807, 2.05) is 0 Å². The van der Waals surface area contributed by atoms with E-state index >= 15 is 0 Å². The average molecular weight is 432 g/mol. The quantitative estimate of drug-likeness (QED) is 0.497. The molecular weight excluding hydrogens is 400 g/mol. The smallest absolute Gasteiger partial charge is 0.387 e. The molecule has 0 unspecified atom stereocenters. The van der Waals surface area contributed by atoms with Gasteiger partial charge in [0.25, 0.3) is 0 Å². The first-order chi connectivity index (χ1) is 15.0. The van der Waals surface area contributed by atoms with Crippen molar-refractivity contribution in [3.05, 3.63) is 65.2 Å². The molecule has 1 heterocycles. The third kappa shape index (κ3) is 7.48. The monoisotopic (exact) mass is 431 g/mol. The Morgan fingerprint density at radius 1 is 0.968 bits per heavy atom. The zero-order chi connectivity index (χ0) is 22.1. The molecule has 3 rings (SSSR count). The van der Waals surface area contributed by atoms with Crippen LogP contribution in [0, 0.1) is 0 Å². The molecule has 2 aromatic carbocycles. The Hall–Kier alpha value is -2.71. The van der Waals surface area contributed by atoms with Gasteiger partial charge in [0.2, 0.25) is 0 Å². The molecule has 2 N–H and O–H groups in total. The summed E-state index contributed by atoms with van der Waals surface area (Å²) >= 11 is 0. The van der Waals surface area contributed by atoms with Gasteiger partial charge in [-0.15, -0.1) is 0 Å². The summed E-state index contributed by atoms with van der Waals surface area (Å²) in [6.45, 7) is 3.51. The van der Waals surface area contributed by atoms with Crippen molar-refractivity contribution in [2.45, 2.75) is 26.2 Å². The lowest BCUT2D eigenvalue weighted by atomic mass is 10.1. The number of piperazine rings is 1. The Morgan fingerprint density at radius 3 is 2.29 bits per heavy atom. The van der Waals surface area contributed by atoms with Crippen molar-refractivity contribution in [3.8, 4) is 5.75 Å². The van der Waals surface area contributed by atoms with Crippen LogP contribution in [0.3, 0.4) is 0 Å². The number of nitrogens with zero attached hydrogens (tertiary/aromatic N) is 3. The fourth-order valence-electron chi connectivity index (χ4n) is 3.47. The van der Waals surface area contributed by atoms with Gasteiger partial charge in [0.15, 0.2) is 5.96 Å². The Labute approximate surface area is 182 Å². The SMILES string of the molecule is CN=C(NCc1ccc(CN2CCN(C)CC2)cc1)NCc1ccccc1OC(F)F. The molecule has 1 aliphatic heterocycles. The van der Waals surface area contributed by atoms with E-state index in [1.165, 1.54) is 11.6 Å². The van der Waals surface area contributed by atoms with E-state index in [1.54, 1.807) is 25.2 Å². The minimum Gasteiger partial charge on any atom is -0.434 e. The summed E-state index contributed by atoms with van der Waals surface area (Å²) in [6.07, 6.45) is 0. The van der Waals surface area contributed by atoms with Gasteiger partial charge in [0.05, 0.1) is 0 Å². The summed E-state index contributed by atoms with van der Waals surface area (Å²) in [5.74, 6) is 0.754. The van der Waals surface area contributed by atoms with Crippen LogP contribution in [0.2, 0.25) is 0 Å². The molecule has 1 fully saturated rings. The maximum atomic E-state index is 12.6. The molecule has 0 atom stereocenters. The van der Waals surface area contributed by atoms with Crippen molar-refractivity contribution in [2.24, 2.45) is 4.99 Å². The molecule has 0 saturated carbocycles. The van der Waals surface area contributed by atoms with Crippen LogP contribution < -0.4 is 15.4 Å². The normalized spacial score (nSPS) is 15.8. The molecule has 0 bridgehead atoms. The molecular formula is C23H31F2N5O. The lowest BCUT2D eigenvalue weighted by molar-refractivity contribution is -0.0504. The summed E-state index contributed by atoms with van der Waals surface area (Å²) < 4.78 is 29.7. The minimum absolute atomic E-state index is 0.163. The number of halogens is 2. The van der Waals surface area contributed by atoms with E-state index in [0.29, 0.717) is 24.6 Å². The number of nitrogens with one attached hydrogen (secondary N) is 2. The zero-order valence-electron chi connectivity index (χ0n) is 18.2. The summed E-state index contributed by atoms with van der Waals surface area (Å²) in [5.41, 5.74) is 3.09. The minimum atomic E-state index is -2.85. The Bertz CT molecular complexity index is 836. The molecule has 0 spiro atoms. The Morgan fingerprint density at radius 2 is 1.61 bits per heavy atom. The second kappa shape index (κ2) is 11.6. The highest BCUT2D eigenvalue weighted by atomic mass is 19.3. The van der Waals surface area contributed by atoms with Gasteiger partial charge >= 0.3 is 6.61 Å². The van der Waals surface area contributed by atoms with E-state index in [0.717, 1.165) is 38.3 Å². The van der Waals surface area contributed by atoms with Gasteiger partial charge in [-0.1, -0.05) is 42.5 Å². The lowest BCUT2D eigenvalue weighted by Gasteiger charge is -2.32. The summed E-state index contributed by atoms with van der Waals surface area (Å²) in [5, 5.41) is 6.40. The number of alkyl halides is 2. The third-order valence-corrected chi connectivity index (χ3v) is 5.34. The van der Waals surface area contributed by atoms with Crippen LogP contribution in [0.1, 0.15) is 16.7 Å². The van der Waals surface area contributed by atoms with E-state index in [4.69, 9.17) is 0 Å². The fourth-order valence-corrected chi connectivity index (χ4v) is 3.47. The zero-order valence-corrected chi connectivity index (χ0v) is 18.2. The molecule has 168 valence electrons. The number of para-hydroxylation sites is 1. The van der Waals surface area contributed by atoms with Gasteiger partial charge in [-0.2, -0.15) is 8.78 Å². The lowest BCUT2D eigenvalue weighted by Crippen LogP contribution is -2.43. The number of likely N-dealkylation sites (N-methyl/N-ethyl adjacent to an activating group) is 1. The first kappa shape index (κ1) is 23.0. The van der Waals surface area contributed by atoms with Crippen LogP contribution in [0.25, 0.3) is 0 Å². The number of hydrogen-bond donors (Lipinski definition) is 2. The van der Waals surface area contributed by atoms with Gasteiger partial charge in [0.1, 0.15) is 5.75 Å². The maximum absolute atomic E-state index is 12.6. The number of guanidine groups is 1. The Balaban J connectivity index is 1.46. The average Bonchev–Trinajstić information content (AvgIpc) is 2.77. The molecule has 0 aliphatic carbocycles. The second-order valence-electron chi connectivity index (χ2n) is 7.66. The first-order valence-corrected chi connectivity index (χ1v) is 10.5. The van der Waals surface area contributed by atoms with E-state index in [2.05, 4.69) is 61.5 Å². The van der Waals surface area contributed by atoms with Gasteiger partial charge < -0.3 is 20.3 Å². The van der Waals surface area contributed by atoms with Crippen LogP contribution in [0.15, 0.2) is 53.5 Å². The van der Waals surface area contributed by atoms with Crippen LogP contribution in [-0.4, -0.2) is 62.6 Å². The number of rotatable bonds is 8. The predicted molar refractivity (Wildman–Crippen MR) is 119 cm³/mol. The molecule has 2 aromatic rings. The molecule has 6 nitrogen and oxygen atoms in total. The van der Waals surface area contributed by atoms with Crippen molar-refractivity contribution in [3.63, 3.8) is 0 Å². The molecule has 31 heavy (non-hydrogen) atoms. The molecule has 0 amide bonds. The largest absolute Gasteiger partial charge is 0.434 e. The van der Waals surface area contributed by atoms with Crippen molar-refractivity contribution in [1.29, 1.82) is 0 Å². The van der Waals surface area contributed by atoms with Crippen molar-refractivity contribution in [1.82, 2.24) is 20.4 Å². The van der Waals surface area contributed by atoms with E-state index in [9.17, 15) is 8.78 Å². The van der Waals surface area contributed by atoms with Gasteiger partial charge in [-0.3, -0.25) is 9.89 Å². The predicted octanol–water partition coefficient (Wildman–Crippen LogP) is 2.90. The van der Waals surface area contributed by atoms with E-state index in [-0.39, 0.29) is 5.75 Å². The highest BCUT2D eigenvalue weighted by Crippen LogP contribution is 2.19. The van der Waals surface area contributed by atoms with Gasteiger partial charge in [-0.05, 0) is 24.2 Å². The van der Waals surface area contributed by atoms with Crippen molar-refractivity contribution in [2.75, 3.05) is 40.3 Å². The third-order valence-electron chi connectivity index (χ3n) is 5.34. The van der Waals surface area contributed by atoms with Crippen molar-refractivity contribution < 1.29 is 13.5 Å². The second-order valence-corrected chi connectivity index (χ2v) is 7.66. The van der Waals surface area contributed by atoms with Gasteiger partial charge in [-0.25, -0.2) is 0 Å². The molecule has 1 saturated heterocycles. The summed E-state index contributed by atoms with van der Waals surface area (Å²) in [7, 11) is 3.84. The standard InChI is InChI=1S/C23H31F2N5O/c1-26-23(28-16-20-5-3-4-6-21(20)31-22(24)25)27-15-18-7-9-19(10-8-18)17-30-13-11-29(2)12-14-30/h3-10,22H,11-17H2,1-2H3,(H2,26,27,28). The number of aliphatic imine (C=N–C) groups is 1. The van der Waals surface area contributed by atoms with Crippen LogP contribution in [0.5, 0.6) is 5.75 Å². The molecule has 0 radical (unpaired) electrons. The van der Waals surface area contributed by atoms with Crippen LogP contribution in [-0.2, 0) is 19.6 Å². The summed E-state index contributed by atoms with van der Waals surface area (Å²) in [6, 6.07) is 15.3. The Kier molecular flexibility index (Phi) is 8.61. The van der Waals surface area contributed by atoms with E-state index < -0.39 is 6.61 Å².